The van der Waals surface area contributed by atoms with E-state index in [0.29, 0.717) is 11.4 Å². The Kier molecular flexibility index (Phi) is 4.28. The summed E-state index contributed by atoms with van der Waals surface area (Å²) in [5, 5.41) is 3.07. The summed E-state index contributed by atoms with van der Waals surface area (Å²) < 4.78 is 27.6. The molecule has 0 bridgehead atoms. The van der Waals surface area contributed by atoms with Gasteiger partial charge in [-0.05, 0) is 56.5 Å². The molecule has 1 fully saturated rings. The molecule has 0 heterocycles. The largest absolute Gasteiger partial charge is 0.316 e. The van der Waals surface area contributed by atoms with Crippen molar-refractivity contribution in [2.75, 3.05) is 7.05 Å². The van der Waals surface area contributed by atoms with Gasteiger partial charge in [0.1, 0.15) is 0 Å². The van der Waals surface area contributed by atoms with E-state index in [1.54, 1.807) is 6.07 Å². The maximum absolute atomic E-state index is 12.4. The van der Waals surface area contributed by atoms with Crippen LogP contribution in [-0.4, -0.2) is 21.5 Å². The molecular weight excluding hydrogens is 260 g/mol. The standard InChI is InChI=1S/C14H22N2O2S/c1-10-7-11(2)14(8-12(10)9-15-3)19(17,18)16-13-5-4-6-13/h7-8,13,15-16H,4-6,9H2,1-3H3. The molecule has 1 saturated carbocycles. The number of hydrogen-bond acceptors (Lipinski definition) is 3. The van der Waals surface area contributed by atoms with Crippen LogP contribution in [0, 0.1) is 13.8 Å². The van der Waals surface area contributed by atoms with Crippen LogP contribution in [0.4, 0.5) is 0 Å². The number of nitrogens with one attached hydrogen (secondary N) is 2. The van der Waals surface area contributed by atoms with Crippen molar-refractivity contribution in [1.29, 1.82) is 0 Å². The van der Waals surface area contributed by atoms with Crippen molar-refractivity contribution >= 4 is 10.0 Å². The monoisotopic (exact) mass is 282 g/mol. The van der Waals surface area contributed by atoms with Gasteiger partial charge in [0.15, 0.2) is 0 Å². The molecule has 4 nitrogen and oxygen atoms in total. The van der Waals surface area contributed by atoms with Gasteiger partial charge in [-0.1, -0.05) is 12.5 Å². The maximum Gasteiger partial charge on any atom is 0.241 e. The van der Waals surface area contributed by atoms with Crippen molar-refractivity contribution < 1.29 is 8.42 Å². The van der Waals surface area contributed by atoms with Crippen LogP contribution < -0.4 is 10.0 Å². The summed E-state index contributed by atoms with van der Waals surface area (Å²) in [5.74, 6) is 0. The Morgan fingerprint density at radius 1 is 1.21 bits per heavy atom. The lowest BCUT2D eigenvalue weighted by Crippen LogP contribution is -2.39. The fourth-order valence-corrected chi connectivity index (χ4v) is 3.94. The maximum atomic E-state index is 12.4. The van der Waals surface area contributed by atoms with Crippen molar-refractivity contribution in [1.82, 2.24) is 10.0 Å². The zero-order valence-electron chi connectivity index (χ0n) is 11.8. The van der Waals surface area contributed by atoms with Crippen LogP contribution in [0.15, 0.2) is 17.0 Å². The van der Waals surface area contributed by atoms with Gasteiger partial charge in [-0.25, -0.2) is 13.1 Å². The molecule has 19 heavy (non-hydrogen) atoms. The van der Waals surface area contributed by atoms with E-state index in [4.69, 9.17) is 0 Å². The molecule has 0 aliphatic heterocycles. The molecule has 106 valence electrons. The van der Waals surface area contributed by atoms with Crippen LogP contribution in [0.1, 0.15) is 36.0 Å². The number of rotatable bonds is 5. The molecular formula is C14H22N2O2S. The Morgan fingerprint density at radius 2 is 1.89 bits per heavy atom. The SMILES string of the molecule is CNCc1cc(S(=O)(=O)NC2CCC2)c(C)cc1C. The molecule has 0 spiro atoms. The number of benzene rings is 1. The molecule has 0 radical (unpaired) electrons. The first-order valence-electron chi connectivity index (χ1n) is 6.71. The van der Waals surface area contributed by atoms with Crippen molar-refractivity contribution in [2.24, 2.45) is 0 Å². The van der Waals surface area contributed by atoms with Gasteiger partial charge < -0.3 is 5.32 Å². The second-order valence-electron chi connectivity index (χ2n) is 5.32. The third kappa shape index (κ3) is 3.16. The van der Waals surface area contributed by atoms with Gasteiger partial charge in [0.25, 0.3) is 0 Å². The first-order valence-corrected chi connectivity index (χ1v) is 8.19. The molecule has 1 aromatic carbocycles. The second kappa shape index (κ2) is 5.61. The predicted octanol–water partition coefficient (Wildman–Crippen LogP) is 1.85. The van der Waals surface area contributed by atoms with E-state index in [1.807, 2.05) is 27.0 Å². The Balaban J connectivity index is 2.34. The average Bonchev–Trinajstić information content (AvgIpc) is 2.27. The van der Waals surface area contributed by atoms with E-state index in [0.717, 1.165) is 36.0 Å². The van der Waals surface area contributed by atoms with Crippen LogP contribution in [0.5, 0.6) is 0 Å². The molecule has 2 N–H and O–H groups in total. The lowest BCUT2D eigenvalue weighted by molar-refractivity contribution is 0.383. The summed E-state index contributed by atoms with van der Waals surface area (Å²) in [5.41, 5.74) is 2.96. The van der Waals surface area contributed by atoms with E-state index in [2.05, 4.69) is 10.0 Å². The minimum absolute atomic E-state index is 0.124. The molecule has 0 unspecified atom stereocenters. The van der Waals surface area contributed by atoms with Gasteiger partial charge in [-0.15, -0.1) is 0 Å². The van der Waals surface area contributed by atoms with Crippen LogP contribution in [0.3, 0.4) is 0 Å². The second-order valence-corrected chi connectivity index (χ2v) is 7.01. The van der Waals surface area contributed by atoms with Gasteiger partial charge in [0.05, 0.1) is 4.90 Å². The van der Waals surface area contributed by atoms with E-state index in [1.165, 1.54) is 0 Å². The third-order valence-electron chi connectivity index (χ3n) is 3.72. The van der Waals surface area contributed by atoms with E-state index < -0.39 is 10.0 Å². The highest BCUT2D eigenvalue weighted by molar-refractivity contribution is 7.89. The molecule has 1 aromatic rings. The molecule has 2 rings (SSSR count). The Bertz CT molecular complexity index is 563. The minimum atomic E-state index is -3.39. The Morgan fingerprint density at radius 3 is 2.42 bits per heavy atom. The topological polar surface area (TPSA) is 58.2 Å². The van der Waals surface area contributed by atoms with E-state index >= 15 is 0 Å². The van der Waals surface area contributed by atoms with Gasteiger partial charge in [0.2, 0.25) is 10.0 Å². The molecule has 1 aliphatic carbocycles. The lowest BCUT2D eigenvalue weighted by atomic mass is 9.94. The smallest absolute Gasteiger partial charge is 0.241 e. The summed E-state index contributed by atoms with van der Waals surface area (Å²) in [4.78, 5) is 0.412. The van der Waals surface area contributed by atoms with Crippen LogP contribution in [0.2, 0.25) is 0 Å². The summed E-state index contributed by atoms with van der Waals surface area (Å²) in [6.45, 7) is 4.54. The van der Waals surface area contributed by atoms with Crippen LogP contribution in [-0.2, 0) is 16.6 Å². The minimum Gasteiger partial charge on any atom is -0.316 e. The summed E-state index contributed by atoms with van der Waals surface area (Å²) >= 11 is 0. The van der Waals surface area contributed by atoms with E-state index in [-0.39, 0.29) is 6.04 Å². The zero-order chi connectivity index (χ0) is 14.0. The van der Waals surface area contributed by atoms with Crippen LogP contribution in [0.25, 0.3) is 0 Å². The molecule has 0 saturated heterocycles. The molecule has 0 amide bonds. The molecule has 1 aliphatic rings. The fraction of sp³-hybridized carbons (Fsp3) is 0.571. The molecule has 0 atom stereocenters. The Labute approximate surface area is 115 Å². The summed E-state index contributed by atoms with van der Waals surface area (Å²) in [7, 11) is -1.53. The normalized spacial score (nSPS) is 16.4. The highest BCUT2D eigenvalue weighted by Crippen LogP contribution is 2.24. The number of sulfonamides is 1. The van der Waals surface area contributed by atoms with Gasteiger partial charge in [-0.3, -0.25) is 0 Å². The third-order valence-corrected chi connectivity index (χ3v) is 5.38. The molecule has 0 aromatic heterocycles. The van der Waals surface area contributed by atoms with Crippen molar-refractivity contribution in [3.63, 3.8) is 0 Å². The zero-order valence-corrected chi connectivity index (χ0v) is 12.6. The Hall–Kier alpha value is -0.910. The first-order chi connectivity index (χ1) is 8.94. The highest BCUT2D eigenvalue weighted by Gasteiger charge is 2.26. The van der Waals surface area contributed by atoms with Crippen molar-refractivity contribution in [2.45, 2.75) is 50.6 Å². The van der Waals surface area contributed by atoms with Gasteiger partial charge in [0, 0.05) is 12.6 Å². The summed E-state index contributed by atoms with van der Waals surface area (Å²) in [6, 6.07) is 3.86. The van der Waals surface area contributed by atoms with Crippen molar-refractivity contribution in [3.8, 4) is 0 Å². The van der Waals surface area contributed by atoms with Crippen LogP contribution >= 0.6 is 0 Å². The fourth-order valence-electron chi connectivity index (χ4n) is 2.35. The average molecular weight is 282 g/mol. The quantitative estimate of drug-likeness (QED) is 0.866. The number of hydrogen-bond donors (Lipinski definition) is 2. The summed E-state index contributed by atoms with van der Waals surface area (Å²) in [6.07, 6.45) is 3.02. The molecule has 5 heteroatoms. The highest BCUT2D eigenvalue weighted by atomic mass is 32.2. The van der Waals surface area contributed by atoms with E-state index in [9.17, 15) is 8.42 Å². The number of aryl methyl sites for hydroxylation is 2. The lowest BCUT2D eigenvalue weighted by Gasteiger charge is -2.26. The van der Waals surface area contributed by atoms with Gasteiger partial charge in [-0.2, -0.15) is 0 Å². The predicted molar refractivity (Wildman–Crippen MR) is 76.6 cm³/mol. The van der Waals surface area contributed by atoms with Gasteiger partial charge >= 0.3 is 0 Å². The van der Waals surface area contributed by atoms with Crippen molar-refractivity contribution in [3.05, 3.63) is 28.8 Å². The first kappa shape index (κ1) is 14.5.